The highest BCUT2D eigenvalue weighted by atomic mass is 32.1. The molecule has 4 heterocycles. The molecule has 6 rings (SSSR count). The van der Waals surface area contributed by atoms with Gasteiger partial charge in [0, 0.05) is 33.1 Å². The van der Waals surface area contributed by atoms with Crippen molar-refractivity contribution in [2.45, 2.75) is 13.0 Å². The van der Waals surface area contributed by atoms with Gasteiger partial charge in [-0.15, -0.1) is 11.3 Å². The molecule has 3 aromatic heterocycles. The molecule has 0 aliphatic carbocycles. The molecule has 2 aromatic carbocycles. The molecule has 6 nitrogen and oxygen atoms in total. The summed E-state index contributed by atoms with van der Waals surface area (Å²) >= 11 is 2.83. The van der Waals surface area contributed by atoms with Crippen LogP contribution in [0.25, 0.3) is 22.7 Å². The molecular weight excluding hydrogens is 490 g/mol. The first-order chi connectivity index (χ1) is 17.7. The number of thiazole rings is 1. The summed E-state index contributed by atoms with van der Waals surface area (Å²) in [6.45, 7) is 2.00. The van der Waals surface area contributed by atoms with Gasteiger partial charge in [0.15, 0.2) is 4.80 Å². The monoisotopic (exact) mass is 511 g/mol. The molecule has 0 radical (unpaired) electrons. The topological polar surface area (TPSA) is 76.4 Å². The minimum atomic E-state index is -0.624. The van der Waals surface area contributed by atoms with Gasteiger partial charge >= 0.3 is 5.97 Å². The highest BCUT2D eigenvalue weighted by Crippen LogP contribution is 2.36. The molecule has 1 aliphatic rings. The second-order valence-electron chi connectivity index (χ2n) is 8.24. The SMILES string of the molecule is CCOC(=O)C1=C(c2ccccc2)N=c2s/c(=C\c3c[nH]c4ccccc34)c(=O)n2[C@@H]1c1cccs1. The van der Waals surface area contributed by atoms with Crippen molar-refractivity contribution in [3.05, 3.63) is 120 Å². The maximum Gasteiger partial charge on any atom is 0.338 e. The molecule has 178 valence electrons. The largest absolute Gasteiger partial charge is 0.463 e. The Morgan fingerprint density at radius 2 is 1.92 bits per heavy atom. The Hall–Kier alpha value is -4.01. The van der Waals surface area contributed by atoms with Gasteiger partial charge in [-0.1, -0.05) is 65.9 Å². The van der Waals surface area contributed by atoms with Crippen molar-refractivity contribution in [1.82, 2.24) is 9.55 Å². The first-order valence-corrected chi connectivity index (χ1v) is 13.2. The van der Waals surface area contributed by atoms with Crippen LogP contribution in [-0.4, -0.2) is 22.1 Å². The van der Waals surface area contributed by atoms with E-state index in [-0.39, 0.29) is 12.2 Å². The Bertz CT molecular complexity index is 1790. The molecule has 1 aliphatic heterocycles. The van der Waals surface area contributed by atoms with E-state index in [1.165, 1.54) is 22.7 Å². The Balaban J connectivity index is 1.64. The number of carbonyl (C=O) groups is 1. The van der Waals surface area contributed by atoms with Gasteiger partial charge in [0.05, 0.1) is 22.4 Å². The van der Waals surface area contributed by atoms with Crippen molar-refractivity contribution >= 4 is 51.3 Å². The van der Waals surface area contributed by atoms with Gasteiger partial charge in [-0.2, -0.15) is 0 Å². The number of nitrogens with one attached hydrogen (secondary N) is 1. The number of aromatic nitrogens is 2. The number of benzene rings is 2. The van der Waals surface area contributed by atoms with E-state index in [4.69, 9.17) is 9.73 Å². The molecule has 1 N–H and O–H groups in total. The fourth-order valence-corrected chi connectivity index (χ4v) is 6.33. The molecule has 0 bridgehead atoms. The third-order valence-electron chi connectivity index (χ3n) is 6.09. The predicted molar refractivity (Wildman–Crippen MR) is 144 cm³/mol. The van der Waals surface area contributed by atoms with Crippen molar-refractivity contribution < 1.29 is 9.53 Å². The lowest BCUT2D eigenvalue weighted by Crippen LogP contribution is -2.39. The van der Waals surface area contributed by atoms with Gasteiger partial charge in [-0.25, -0.2) is 9.79 Å². The standard InChI is InChI=1S/C28H21N3O3S2/c1-2-34-27(33)23-24(17-9-4-3-5-10-17)30-28-31(25(23)21-13-8-14-35-21)26(32)22(36-28)15-18-16-29-20-12-7-6-11-19(18)20/h3-16,25,29H,2H2,1H3/b22-15-/t25-/m1/s1. The third-order valence-corrected chi connectivity index (χ3v) is 8.00. The van der Waals surface area contributed by atoms with Crippen LogP contribution >= 0.6 is 22.7 Å². The van der Waals surface area contributed by atoms with E-state index >= 15 is 0 Å². The highest BCUT2D eigenvalue weighted by molar-refractivity contribution is 7.10. The third kappa shape index (κ3) is 3.75. The summed E-state index contributed by atoms with van der Waals surface area (Å²) in [5.41, 5.74) is 3.46. The first kappa shape index (κ1) is 22.5. The maximum absolute atomic E-state index is 13.9. The number of nitrogens with zero attached hydrogens (tertiary/aromatic N) is 2. The summed E-state index contributed by atoms with van der Waals surface area (Å²) in [4.78, 5) is 36.8. The minimum absolute atomic E-state index is 0.184. The van der Waals surface area contributed by atoms with Crippen LogP contribution in [-0.2, 0) is 9.53 Å². The summed E-state index contributed by atoms with van der Waals surface area (Å²) in [6.07, 6.45) is 3.80. The van der Waals surface area contributed by atoms with Gasteiger partial charge in [0.25, 0.3) is 5.56 Å². The van der Waals surface area contributed by atoms with E-state index in [1.807, 2.05) is 84.4 Å². The second kappa shape index (κ2) is 9.22. The van der Waals surface area contributed by atoms with Crippen LogP contribution in [0.5, 0.6) is 0 Å². The van der Waals surface area contributed by atoms with Crippen LogP contribution in [0.4, 0.5) is 0 Å². The predicted octanol–water partition coefficient (Wildman–Crippen LogP) is 4.48. The number of thiophene rings is 1. The first-order valence-electron chi connectivity index (χ1n) is 11.5. The molecule has 1 atom stereocenters. The number of carbonyl (C=O) groups excluding carboxylic acids is 1. The number of para-hydroxylation sites is 1. The van der Waals surface area contributed by atoms with E-state index in [0.29, 0.717) is 20.6 Å². The number of rotatable bonds is 5. The molecule has 0 saturated carbocycles. The zero-order valence-electron chi connectivity index (χ0n) is 19.3. The number of hydrogen-bond acceptors (Lipinski definition) is 6. The van der Waals surface area contributed by atoms with Gasteiger partial charge in [-0.05, 0) is 30.5 Å². The van der Waals surface area contributed by atoms with Gasteiger partial charge in [-0.3, -0.25) is 9.36 Å². The average molecular weight is 512 g/mol. The van der Waals surface area contributed by atoms with E-state index in [1.54, 1.807) is 11.5 Å². The fourth-order valence-electron chi connectivity index (χ4n) is 4.51. The van der Waals surface area contributed by atoms with Gasteiger partial charge in [0.2, 0.25) is 0 Å². The van der Waals surface area contributed by atoms with Crippen LogP contribution < -0.4 is 14.9 Å². The molecular formula is C28H21N3O3S2. The minimum Gasteiger partial charge on any atom is -0.463 e. The number of H-pyrrole nitrogens is 1. The Labute approximate surface area is 214 Å². The molecule has 0 spiro atoms. The number of esters is 1. The summed E-state index contributed by atoms with van der Waals surface area (Å²) in [7, 11) is 0. The molecule has 0 amide bonds. The maximum atomic E-state index is 13.9. The number of hydrogen-bond donors (Lipinski definition) is 1. The van der Waals surface area contributed by atoms with E-state index in [2.05, 4.69) is 4.98 Å². The number of fused-ring (bicyclic) bond motifs is 2. The van der Waals surface area contributed by atoms with Crippen molar-refractivity contribution in [3.63, 3.8) is 0 Å². The Kier molecular flexibility index (Phi) is 5.75. The highest BCUT2D eigenvalue weighted by Gasteiger charge is 2.35. The lowest BCUT2D eigenvalue weighted by Gasteiger charge is -2.24. The number of ether oxygens (including phenoxy) is 1. The van der Waals surface area contributed by atoms with Crippen LogP contribution in [0.15, 0.2) is 93.7 Å². The van der Waals surface area contributed by atoms with E-state index in [0.717, 1.165) is 26.9 Å². The summed E-state index contributed by atoms with van der Waals surface area (Å²) in [6, 6.07) is 20.8. The Morgan fingerprint density at radius 3 is 2.69 bits per heavy atom. The van der Waals surface area contributed by atoms with Crippen molar-refractivity contribution in [2.24, 2.45) is 4.99 Å². The molecule has 5 aromatic rings. The van der Waals surface area contributed by atoms with Crippen LogP contribution in [0, 0.1) is 0 Å². The van der Waals surface area contributed by atoms with Crippen LogP contribution in [0.3, 0.4) is 0 Å². The normalized spacial score (nSPS) is 15.7. The van der Waals surface area contributed by atoms with Crippen molar-refractivity contribution in [2.75, 3.05) is 6.61 Å². The van der Waals surface area contributed by atoms with Crippen molar-refractivity contribution in [1.29, 1.82) is 0 Å². The second-order valence-corrected chi connectivity index (χ2v) is 10.2. The van der Waals surface area contributed by atoms with Crippen molar-refractivity contribution in [3.8, 4) is 0 Å². The summed E-state index contributed by atoms with van der Waals surface area (Å²) < 4.78 is 7.67. The zero-order chi connectivity index (χ0) is 24.6. The average Bonchev–Trinajstić information content (AvgIpc) is 3.64. The number of aromatic amines is 1. The lowest BCUT2D eigenvalue weighted by atomic mass is 9.97. The van der Waals surface area contributed by atoms with Crippen LogP contribution in [0.1, 0.15) is 29.0 Å². The van der Waals surface area contributed by atoms with Crippen LogP contribution in [0.2, 0.25) is 0 Å². The van der Waals surface area contributed by atoms with Gasteiger partial charge < -0.3 is 9.72 Å². The summed E-state index contributed by atoms with van der Waals surface area (Å²) in [5.74, 6) is -0.468. The van der Waals surface area contributed by atoms with E-state index in [9.17, 15) is 9.59 Å². The molecule has 0 fully saturated rings. The molecule has 36 heavy (non-hydrogen) atoms. The smallest absolute Gasteiger partial charge is 0.338 e. The Morgan fingerprint density at radius 1 is 1.11 bits per heavy atom. The quantitative estimate of drug-likeness (QED) is 0.354. The fraction of sp³-hybridized carbons (Fsp3) is 0.107. The lowest BCUT2D eigenvalue weighted by molar-refractivity contribution is -0.138. The van der Waals surface area contributed by atoms with Gasteiger partial charge in [0.1, 0.15) is 6.04 Å². The molecule has 8 heteroatoms. The zero-order valence-corrected chi connectivity index (χ0v) is 20.9. The van der Waals surface area contributed by atoms with E-state index < -0.39 is 12.0 Å². The molecule has 0 saturated heterocycles. The molecule has 0 unspecified atom stereocenters. The summed E-state index contributed by atoms with van der Waals surface area (Å²) in [5, 5.41) is 2.98.